The van der Waals surface area contributed by atoms with Gasteiger partial charge in [-0.2, -0.15) is 0 Å². The second-order valence-electron chi connectivity index (χ2n) is 5.44. The van der Waals surface area contributed by atoms with E-state index in [1.807, 2.05) is 29.2 Å². The van der Waals surface area contributed by atoms with Crippen molar-refractivity contribution in [3.05, 3.63) is 58.9 Å². The number of nitrogens with one attached hydrogen (secondary N) is 1. The van der Waals surface area contributed by atoms with Crippen molar-refractivity contribution in [2.45, 2.75) is 19.4 Å². The lowest BCUT2D eigenvalue weighted by atomic mass is 10.2. The highest BCUT2D eigenvalue weighted by atomic mass is 35.5. The molecular formula is C17H16ClN3O2. The molecule has 0 bridgehead atoms. The zero-order valence-corrected chi connectivity index (χ0v) is 13.2. The van der Waals surface area contributed by atoms with Crippen molar-refractivity contribution < 1.29 is 9.59 Å². The van der Waals surface area contributed by atoms with E-state index in [2.05, 4.69) is 10.3 Å². The van der Waals surface area contributed by atoms with Crippen LogP contribution < -0.4 is 5.32 Å². The normalized spacial score (nSPS) is 14.1. The molecule has 2 aromatic rings. The van der Waals surface area contributed by atoms with Gasteiger partial charge in [-0.1, -0.05) is 23.7 Å². The number of pyridine rings is 1. The summed E-state index contributed by atoms with van der Waals surface area (Å²) in [4.78, 5) is 29.6. The number of aromatic nitrogens is 1. The monoisotopic (exact) mass is 329 g/mol. The number of carbonyl (C=O) groups excluding carboxylic acids is 2. The molecule has 0 saturated carbocycles. The van der Waals surface area contributed by atoms with E-state index < -0.39 is 0 Å². The van der Waals surface area contributed by atoms with E-state index >= 15 is 0 Å². The predicted octanol–water partition coefficient (Wildman–Crippen LogP) is 3.11. The molecule has 1 aromatic carbocycles. The average Bonchev–Trinajstić information content (AvgIpc) is 2.93. The Morgan fingerprint density at radius 2 is 2.17 bits per heavy atom. The largest absolute Gasteiger partial charge is 0.338 e. The summed E-state index contributed by atoms with van der Waals surface area (Å²) in [7, 11) is 0. The number of nitrogens with zero attached hydrogens (tertiary/aromatic N) is 2. The van der Waals surface area contributed by atoms with E-state index in [9.17, 15) is 9.59 Å². The molecule has 6 heteroatoms. The van der Waals surface area contributed by atoms with Crippen LogP contribution in [0.4, 0.5) is 5.69 Å². The molecule has 3 rings (SSSR count). The average molecular weight is 330 g/mol. The van der Waals surface area contributed by atoms with Crippen LogP contribution in [0, 0.1) is 0 Å². The molecule has 1 aliphatic rings. The van der Waals surface area contributed by atoms with Crippen molar-refractivity contribution in [3.63, 3.8) is 0 Å². The van der Waals surface area contributed by atoms with Gasteiger partial charge in [0.15, 0.2) is 0 Å². The smallest absolute Gasteiger partial charge is 0.257 e. The fourth-order valence-corrected chi connectivity index (χ4v) is 2.66. The van der Waals surface area contributed by atoms with E-state index in [0.29, 0.717) is 29.4 Å². The highest BCUT2D eigenvalue weighted by Gasteiger charge is 2.20. The molecule has 1 saturated heterocycles. The molecule has 1 fully saturated rings. The number of halogens is 1. The van der Waals surface area contributed by atoms with Crippen molar-refractivity contribution >= 4 is 29.1 Å². The Bertz CT molecular complexity index is 731. The number of rotatable bonds is 4. The Labute approximate surface area is 139 Å². The number of carbonyl (C=O) groups is 2. The second-order valence-corrected chi connectivity index (χ2v) is 5.83. The summed E-state index contributed by atoms with van der Waals surface area (Å²) >= 11 is 5.72. The number of likely N-dealkylation sites (tertiary alicyclic amines) is 1. The Morgan fingerprint density at radius 3 is 2.87 bits per heavy atom. The molecule has 0 spiro atoms. The first kappa shape index (κ1) is 15.5. The molecule has 0 atom stereocenters. The van der Waals surface area contributed by atoms with Gasteiger partial charge in [0.25, 0.3) is 5.91 Å². The lowest BCUT2D eigenvalue weighted by Crippen LogP contribution is -2.23. The van der Waals surface area contributed by atoms with Gasteiger partial charge in [0.05, 0.1) is 5.56 Å². The van der Waals surface area contributed by atoms with Crippen LogP contribution in [0.5, 0.6) is 0 Å². The van der Waals surface area contributed by atoms with Crippen LogP contribution in [-0.2, 0) is 11.3 Å². The van der Waals surface area contributed by atoms with Crippen LogP contribution in [0.3, 0.4) is 0 Å². The maximum atomic E-state index is 12.2. The Hall–Kier alpha value is -2.40. The lowest BCUT2D eigenvalue weighted by molar-refractivity contribution is -0.128. The number of benzene rings is 1. The number of hydrogen-bond donors (Lipinski definition) is 1. The van der Waals surface area contributed by atoms with Crippen molar-refractivity contribution in [1.29, 1.82) is 0 Å². The third-order valence-electron chi connectivity index (χ3n) is 3.72. The first-order chi connectivity index (χ1) is 11.1. The number of anilines is 1. The Morgan fingerprint density at radius 1 is 1.30 bits per heavy atom. The van der Waals surface area contributed by atoms with Crippen LogP contribution in [0.25, 0.3) is 0 Å². The second kappa shape index (κ2) is 6.79. The van der Waals surface area contributed by atoms with E-state index in [4.69, 9.17) is 11.6 Å². The summed E-state index contributed by atoms with van der Waals surface area (Å²) < 4.78 is 0. The van der Waals surface area contributed by atoms with Crippen LogP contribution in [0.1, 0.15) is 28.8 Å². The summed E-state index contributed by atoms with van der Waals surface area (Å²) in [6, 6.07) is 10.7. The molecule has 1 aromatic heterocycles. The topological polar surface area (TPSA) is 62.3 Å². The molecule has 0 aliphatic carbocycles. The van der Waals surface area contributed by atoms with Crippen LogP contribution in [-0.4, -0.2) is 28.2 Å². The highest BCUT2D eigenvalue weighted by molar-refractivity contribution is 6.29. The maximum Gasteiger partial charge on any atom is 0.257 e. The highest BCUT2D eigenvalue weighted by Crippen LogP contribution is 2.18. The van der Waals surface area contributed by atoms with Gasteiger partial charge in [-0.3, -0.25) is 9.59 Å². The van der Waals surface area contributed by atoms with E-state index in [-0.39, 0.29) is 11.8 Å². The van der Waals surface area contributed by atoms with Crippen molar-refractivity contribution in [1.82, 2.24) is 9.88 Å². The molecule has 2 heterocycles. The summed E-state index contributed by atoms with van der Waals surface area (Å²) in [5.74, 6) is -0.0600. The van der Waals surface area contributed by atoms with Gasteiger partial charge in [0, 0.05) is 31.4 Å². The van der Waals surface area contributed by atoms with Crippen molar-refractivity contribution in [2.24, 2.45) is 0 Å². The third-order valence-corrected chi connectivity index (χ3v) is 3.94. The Balaban J connectivity index is 1.68. The molecule has 118 valence electrons. The fourth-order valence-electron chi connectivity index (χ4n) is 2.55. The van der Waals surface area contributed by atoms with Crippen LogP contribution in [0.15, 0.2) is 42.6 Å². The molecule has 1 N–H and O–H groups in total. The van der Waals surface area contributed by atoms with Gasteiger partial charge in [-0.05, 0) is 36.2 Å². The zero-order chi connectivity index (χ0) is 16.2. The molecule has 0 radical (unpaired) electrons. The van der Waals surface area contributed by atoms with Crippen molar-refractivity contribution in [2.75, 3.05) is 11.9 Å². The van der Waals surface area contributed by atoms with Crippen LogP contribution >= 0.6 is 11.6 Å². The molecule has 1 aliphatic heterocycles. The molecular weight excluding hydrogens is 314 g/mol. The molecule has 5 nitrogen and oxygen atoms in total. The van der Waals surface area contributed by atoms with Gasteiger partial charge in [-0.25, -0.2) is 4.98 Å². The predicted molar refractivity (Wildman–Crippen MR) is 88.3 cm³/mol. The van der Waals surface area contributed by atoms with Gasteiger partial charge in [-0.15, -0.1) is 0 Å². The summed E-state index contributed by atoms with van der Waals surface area (Å²) in [5.41, 5.74) is 2.12. The number of amides is 2. The van der Waals surface area contributed by atoms with E-state index in [1.165, 1.54) is 6.20 Å². The number of hydrogen-bond acceptors (Lipinski definition) is 3. The van der Waals surface area contributed by atoms with Gasteiger partial charge < -0.3 is 10.2 Å². The van der Waals surface area contributed by atoms with Gasteiger partial charge >= 0.3 is 0 Å². The minimum atomic E-state index is -0.247. The maximum absolute atomic E-state index is 12.2. The molecule has 23 heavy (non-hydrogen) atoms. The first-order valence-electron chi connectivity index (χ1n) is 7.41. The summed E-state index contributed by atoms with van der Waals surface area (Å²) in [6.07, 6.45) is 2.98. The zero-order valence-electron chi connectivity index (χ0n) is 12.5. The lowest BCUT2D eigenvalue weighted by Gasteiger charge is -2.16. The quantitative estimate of drug-likeness (QED) is 0.877. The van der Waals surface area contributed by atoms with Gasteiger partial charge in [0.2, 0.25) is 5.91 Å². The molecule has 2 amide bonds. The van der Waals surface area contributed by atoms with Gasteiger partial charge in [0.1, 0.15) is 5.15 Å². The standard InChI is InChI=1S/C17H16ClN3O2/c18-15-7-6-13(10-19-15)17(23)20-14-4-1-3-12(9-14)11-21-8-2-5-16(21)22/h1,3-4,6-7,9-10H,2,5,8,11H2,(H,20,23). The summed E-state index contributed by atoms with van der Waals surface area (Å²) in [6.45, 7) is 1.37. The van der Waals surface area contributed by atoms with Crippen LogP contribution in [0.2, 0.25) is 5.15 Å². The SMILES string of the molecule is O=C(Nc1cccc(CN2CCCC2=O)c1)c1ccc(Cl)nc1. The van der Waals surface area contributed by atoms with E-state index in [0.717, 1.165) is 18.5 Å². The Kier molecular flexibility index (Phi) is 4.57. The fraction of sp³-hybridized carbons (Fsp3) is 0.235. The van der Waals surface area contributed by atoms with Crippen molar-refractivity contribution in [3.8, 4) is 0 Å². The van der Waals surface area contributed by atoms with E-state index in [1.54, 1.807) is 12.1 Å². The minimum absolute atomic E-state index is 0.187. The molecule has 0 unspecified atom stereocenters. The first-order valence-corrected chi connectivity index (χ1v) is 7.79. The minimum Gasteiger partial charge on any atom is -0.338 e. The third kappa shape index (κ3) is 3.87. The summed E-state index contributed by atoms with van der Waals surface area (Å²) in [5, 5.41) is 3.17.